The number of unbranched alkanes of at least 4 members (excludes halogenated alkanes) is 2. The van der Waals surface area contributed by atoms with E-state index in [-0.39, 0.29) is 0 Å². The lowest BCUT2D eigenvalue weighted by Crippen LogP contribution is -2.19. The summed E-state index contributed by atoms with van der Waals surface area (Å²) >= 11 is 0. The van der Waals surface area contributed by atoms with Gasteiger partial charge in [-0.15, -0.1) is 0 Å². The highest BCUT2D eigenvalue weighted by Crippen LogP contribution is 2.36. The highest BCUT2D eigenvalue weighted by molar-refractivity contribution is 5.19. The van der Waals surface area contributed by atoms with E-state index in [0.717, 1.165) is 26.1 Å². The molecule has 29 heavy (non-hydrogen) atoms. The first kappa shape index (κ1) is 25.9. The van der Waals surface area contributed by atoms with Crippen LogP contribution in [0.15, 0.2) is 35.8 Å². The summed E-state index contributed by atoms with van der Waals surface area (Å²) in [6, 6.07) is 0. The lowest BCUT2D eigenvalue weighted by molar-refractivity contribution is 0.204. The molecule has 0 amide bonds. The summed E-state index contributed by atoms with van der Waals surface area (Å²) in [6.45, 7) is 14.7. The fourth-order valence-electron chi connectivity index (χ4n) is 4.63. The maximum Gasteiger partial charge on any atom is 0.0879 e. The number of ether oxygens (including phenoxy) is 2. The molecule has 1 fully saturated rings. The van der Waals surface area contributed by atoms with E-state index in [1.54, 1.807) is 17.4 Å². The summed E-state index contributed by atoms with van der Waals surface area (Å²) in [5.41, 5.74) is 4.86. The van der Waals surface area contributed by atoms with Gasteiger partial charge in [-0.3, -0.25) is 0 Å². The molecule has 0 saturated heterocycles. The van der Waals surface area contributed by atoms with Gasteiger partial charge in [-0.25, -0.2) is 0 Å². The molecule has 1 rings (SSSR count). The quantitative estimate of drug-likeness (QED) is 0.129. The van der Waals surface area contributed by atoms with E-state index in [1.807, 2.05) is 6.26 Å². The molecule has 0 aromatic carbocycles. The van der Waals surface area contributed by atoms with Crippen molar-refractivity contribution < 1.29 is 9.47 Å². The van der Waals surface area contributed by atoms with Gasteiger partial charge in [0.1, 0.15) is 0 Å². The molecule has 0 bridgehead atoms. The predicted molar refractivity (Wildman–Crippen MR) is 127 cm³/mol. The van der Waals surface area contributed by atoms with Gasteiger partial charge in [-0.1, -0.05) is 70.6 Å². The lowest BCUT2D eigenvalue weighted by Gasteiger charge is -2.30. The van der Waals surface area contributed by atoms with Crippen LogP contribution in [0.5, 0.6) is 0 Å². The summed E-state index contributed by atoms with van der Waals surface area (Å²) in [6.07, 6.45) is 19.9. The second-order valence-corrected chi connectivity index (χ2v) is 8.78. The van der Waals surface area contributed by atoms with E-state index < -0.39 is 0 Å². The van der Waals surface area contributed by atoms with E-state index in [1.165, 1.54) is 76.2 Å². The van der Waals surface area contributed by atoms with E-state index in [9.17, 15) is 0 Å². The standard InChI is InChI=1S/C27H48O2/c1-6-10-11-17-26(18-20-28-9-4)27(23(5)13-7-2)25(14-8-3)19-21-29-22-24-15-12-16-24/h9,22,25-26H,4,6-8,10-21H2,1-3,5H3/b27-23+. The highest BCUT2D eigenvalue weighted by atomic mass is 16.5. The van der Waals surface area contributed by atoms with Gasteiger partial charge in [0.25, 0.3) is 0 Å². The molecule has 0 aromatic heterocycles. The maximum atomic E-state index is 5.96. The largest absolute Gasteiger partial charge is 0.502 e. The van der Waals surface area contributed by atoms with Crippen molar-refractivity contribution in [3.63, 3.8) is 0 Å². The third-order valence-corrected chi connectivity index (χ3v) is 6.32. The maximum absolute atomic E-state index is 5.96. The third-order valence-electron chi connectivity index (χ3n) is 6.32. The smallest absolute Gasteiger partial charge is 0.0879 e. The topological polar surface area (TPSA) is 18.5 Å². The van der Waals surface area contributed by atoms with Crippen molar-refractivity contribution in [3.05, 3.63) is 35.8 Å². The van der Waals surface area contributed by atoms with Crippen molar-refractivity contribution in [3.8, 4) is 0 Å². The average molecular weight is 405 g/mol. The molecule has 0 N–H and O–H groups in total. The van der Waals surface area contributed by atoms with Crippen molar-refractivity contribution in [2.24, 2.45) is 11.8 Å². The minimum Gasteiger partial charge on any atom is -0.502 e. The summed E-state index contributed by atoms with van der Waals surface area (Å²) < 4.78 is 11.5. The summed E-state index contributed by atoms with van der Waals surface area (Å²) in [4.78, 5) is 0. The number of rotatable bonds is 18. The zero-order valence-electron chi connectivity index (χ0n) is 19.9. The summed E-state index contributed by atoms with van der Waals surface area (Å²) in [5.74, 6) is 1.27. The molecular weight excluding hydrogens is 356 g/mol. The molecule has 2 atom stereocenters. The Labute approximate surface area is 181 Å². The Hall–Kier alpha value is -1.18. The minimum atomic E-state index is 0.634. The Bertz CT molecular complexity index is 483. The Morgan fingerprint density at radius 3 is 2.14 bits per heavy atom. The van der Waals surface area contributed by atoms with E-state index in [0.29, 0.717) is 11.8 Å². The van der Waals surface area contributed by atoms with Gasteiger partial charge in [0.05, 0.1) is 25.7 Å². The molecule has 1 aliphatic rings. The molecule has 168 valence electrons. The Kier molecular flexibility index (Phi) is 14.8. The second kappa shape index (κ2) is 16.6. The van der Waals surface area contributed by atoms with Crippen molar-refractivity contribution in [2.45, 2.75) is 111 Å². The van der Waals surface area contributed by atoms with Gasteiger partial charge in [0.2, 0.25) is 0 Å². The number of hydrogen-bond acceptors (Lipinski definition) is 2. The Balaban J connectivity index is 2.92. The molecule has 0 radical (unpaired) electrons. The van der Waals surface area contributed by atoms with Crippen LogP contribution in [-0.2, 0) is 9.47 Å². The van der Waals surface area contributed by atoms with Gasteiger partial charge in [-0.2, -0.15) is 0 Å². The molecule has 2 heteroatoms. The normalized spacial score (nSPS) is 16.5. The van der Waals surface area contributed by atoms with Gasteiger partial charge < -0.3 is 9.47 Å². The molecule has 2 unspecified atom stereocenters. The Morgan fingerprint density at radius 1 is 0.897 bits per heavy atom. The average Bonchev–Trinajstić information content (AvgIpc) is 2.66. The Morgan fingerprint density at radius 2 is 1.59 bits per heavy atom. The van der Waals surface area contributed by atoms with E-state index >= 15 is 0 Å². The van der Waals surface area contributed by atoms with Crippen LogP contribution in [0.4, 0.5) is 0 Å². The zero-order chi connectivity index (χ0) is 21.3. The SMILES string of the molecule is C=COCCC(CCCCC)/C(=C(\C)CCC)C(CCC)CCOC=C1CCC1. The second-order valence-electron chi connectivity index (χ2n) is 8.78. The monoisotopic (exact) mass is 404 g/mol. The van der Waals surface area contributed by atoms with Crippen molar-refractivity contribution in [2.75, 3.05) is 13.2 Å². The predicted octanol–water partition coefficient (Wildman–Crippen LogP) is 8.74. The van der Waals surface area contributed by atoms with Crippen molar-refractivity contribution in [1.82, 2.24) is 0 Å². The first-order chi connectivity index (χ1) is 14.2. The van der Waals surface area contributed by atoms with Gasteiger partial charge in [0.15, 0.2) is 0 Å². The summed E-state index contributed by atoms with van der Waals surface area (Å²) in [7, 11) is 0. The van der Waals surface area contributed by atoms with Crippen LogP contribution in [0.2, 0.25) is 0 Å². The van der Waals surface area contributed by atoms with Crippen LogP contribution in [0.25, 0.3) is 0 Å². The molecular formula is C27H48O2. The van der Waals surface area contributed by atoms with E-state index in [2.05, 4.69) is 34.3 Å². The van der Waals surface area contributed by atoms with Gasteiger partial charge >= 0.3 is 0 Å². The first-order valence-electron chi connectivity index (χ1n) is 12.4. The third kappa shape index (κ3) is 10.4. The van der Waals surface area contributed by atoms with Crippen LogP contribution < -0.4 is 0 Å². The fraction of sp³-hybridized carbons (Fsp3) is 0.778. The van der Waals surface area contributed by atoms with Gasteiger partial charge in [0, 0.05) is 0 Å². The highest BCUT2D eigenvalue weighted by Gasteiger charge is 2.24. The fourth-order valence-corrected chi connectivity index (χ4v) is 4.63. The number of hydrogen-bond donors (Lipinski definition) is 0. The van der Waals surface area contributed by atoms with Crippen LogP contribution in [0.3, 0.4) is 0 Å². The molecule has 0 heterocycles. The molecule has 1 saturated carbocycles. The molecule has 2 nitrogen and oxygen atoms in total. The zero-order valence-corrected chi connectivity index (χ0v) is 19.9. The van der Waals surface area contributed by atoms with Crippen LogP contribution in [0.1, 0.15) is 111 Å². The van der Waals surface area contributed by atoms with Crippen molar-refractivity contribution >= 4 is 0 Å². The first-order valence-corrected chi connectivity index (χ1v) is 12.4. The molecule has 0 spiro atoms. The van der Waals surface area contributed by atoms with Crippen LogP contribution >= 0.6 is 0 Å². The minimum absolute atomic E-state index is 0.634. The van der Waals surface area contributed by atoms with Crippen molar-refractivity contribution in [1.29, 1.82) is 0 Å². The molecule has 1 aliphatic carbocycles. The van der Waals surface area contributed by atoms with Crippen LogP contribution in [0, 0.1) is 11.8 Å². The lowest BCUT2D eigenvalue weighted by atomic mass is 9.76. The summed E-state index contributed by atoms with van der Waals surface area (Å²) in [5, 5.41) is 0. The van der Waals surface area contributed by atoms with Gasteiger partial charge in [-0.05, 0) is 75.7 Å². The van der Waals surface area contributed by atoms with Crippen LogP contribution in [-0.4, -0.2) is 13.2 Å². The van der Waals surface area contributed by atoms with E-state index in [4.69, 9.17) is 9.47 Å². The molecule has 0 aliphatic heterocycles. The molecule has 0 aromatic rings. The number of allylic oxidation sites excluding steroid dienone is 3.